The topological polar surface area (TPSA) is 85.1 Å². The van der Waals surface area contributed by atoms with Gasteiger partial charge in [0.15, 0.2) is 0 Å². The van der Waals surface area contributed by atoms with Crippen LogP contribution in [0, 0.1) is 0 Å². The summed E-state index contributed by atoms with van der Waals surface area (Å²) in [5.74, 6) is 0.142. The summed E-state index contributed by atoms with van der Waals surface area (Å²) in [5.41, 5.74) is 5.85. The predicted octanol–water partition coefficient (Wildman–Crippen LogP) is 2.77. The Bertz CT molecular complexity index is 702. The summed E-state index contributed by atoms with van der Waals surface area (Å²) in [7, 11) is -3.85. The summed E-state index contributed by atoms with van der Waals surface area (Å²) in [6.07, 6.45) is 1.33. The fraction of sp³-hybridized carbons (Fsp3) is 0. The monoisotopic (exact) mass is 317 g/mol. The molecule has 0 aliphatic heterocycles. The number of aromatic nitrogens is 1. The van der Waals surface area contributed by atoms with Gasteiger partial charge in [-0.25, -0.2) is 13.4 Å². The fourth-order valence-electron chi connectivity index (χ4n) is 1.35. The number of hydrogen-bond donors (Lipinski definition) is 2. The average molecular weight is 318 g/mol. The van der Waals surface area contributed by atoms with Gasteiger partial charge in [0, 0.05) is 11.9 Å². The van der Waals surface area contributed by atoms with Crippen molar-refractivity contribution in [1.82, 2.24) is 4.98 Å². The van der Waals surface area contributed by atoms with Crippen LogP contribution in [-0.2, 0) is 10.0 Å². The Kier molecular flexibility index (Phi) is 3.84. The fourth-order valence-corrected chi connectivity index (χ4v) is 3.01. The lowest BCUT2D eigenvalue weighted by molar-refractivity contribution is 0.601. The SMILES string of the molecule is Nc1ccc(Cl)c(S(=O)(=O)Nc2ccc(Cl)cn2)c1. The van der Waals surface area contributed by atoms with Crippen molar-refractivity contribution in [1.29, 1.82) is 0 Å². The van der Waals surface area contributed by atoms with Crippen molar-refractivity contribution in [3.05, 3.63) is 46.6 Å². The number of nitrogens with zero attached hydrogens (tertiary/aromatic N) is 1. The third-order valence-corrected chi connectivity index (χ3v) is 4.27. The third kappa shape index (κ3) is 3.28. The molecular weight excluding hydrogens is 309 g/mol. The molecule has 0 aliphatic carbocycles. The van der Waals surface area contributed by atoms with Crippen LogP contribution in [0.4, 0.5) is 11.5 Å². The van der Waals surface area contributed by atoms with E-state index in [4.69, 9.17) is 28.9 Å². The third-order valence-electron chi connectivity index (χ3n) is 2.21. The van der Waals surface area contributed by atoms with Gasteiger partial charge in [-0.1, -0.05) is 23.2 Å². The molecule has 0 saturated heterocycles. The van der Waals surface area contributed by atoms with Gasteiger partial charge < -0.3 is 5.73 Å². The standard InChI is InChI=1S/C11H9Cl2N3O2S/c12-7-1-4-11(15-6-7)16-19(17,18)10-5-8(14)2-3-9(10)13/h1-6H,14H2,(H,15,16). The first kappa shape index (κ1) is 13.9. The number of sulfonamides is 1. The number of nitrogens with one attached hydrogen (secondary N) is 1. The summed E-state index contributed by atoms with van der Waals surface area (Å²) in [6, 6.07) is 7.18. The van der Waals surface area contributed by atoms with Crippen molar-refractivity contribution >= 4 is 44.7 Å². The van der Waals surface area contributed by atoms with Gasteiger partial charge in [0.05, 0.1) is 10.0 Å². The Hall–Kier alpha value is -1.50. The molecule has 0 bridgehead atoms. The van der Waals surface area contributed by atoms with Gasteiger partial charge in [-0.15, -0.1) is 0 Å². The molecule has 8 heteroatoms. The summed E-state index contributed by atoms with van der Waals surface area (Å²) in [5, 5.41) is 0.487. The number of halogens is 2. The van der Waals surface area contributed by atoms with E-state index in [9.17, 15) is 8.42 Å². The molecule has 0 unspecified atom stereocenters. The maximum Gasteiger partial charge on any atom is 0.264 e. The Labute approximate surface area is 120 Å². The molecule has 2 aromatic rings. The van der Waals surface area contributed by atoms with E-state index in [0.717, 1.165) is 0 Å². The van der Waals surface area contributed by atoms with Crippen molar-refractivity contribution in [3.63, 3.8) is 0 Å². The smallest absolute Gasteiger partial charge is 0.264 e. The van der Waals surface area contributed by atoms with Crippen molar-refractivity contribution < 1.29 is 8.42 Å². The minimum Gasteiger partial charge on any atom is -0.399 e. The Morgan fingerprint density at radius 3 is 2.53 bits per heavy atom. The van der Waals surface area contributed by atoms with Crippen LogP contribution in [0.1, 0.15) is 0 Å². The van der Waals surface area contributed by atoms with Crippen LogP contribution in [0.2, 0.25) is 10.0 Å². The molecule has 0 amide bonds. The number of nitrogen functional groups attached to an aromatic ring is 1. The Morgan fingerprint density at radius 2 is 1.89 bits per heavy atom. The van der Waals surface area contributed by atoms with E-state index in [2.05, 4.69) is 9.71 Å². The Balaban J connectivity index is 2.37. The zero-order valence-corrected chi connectivity index (χ0v) is 11.8. The number of hydrogen-bond acceptors (Lipinski definition) is 4. The van der Waals surface area contributed by atoms with Crippen LogP contribution in [0.5, 0.6) is 0 Å². The highest BCUT2D eigenvalue weighted by atomic mass is 35.5. The lowest BCUT2D eigenvalue weighted by Crippen LogP contribution is -2.14. The molecule has 0 radical (unpaired) electrons. The van der Waals surface area contributed by atoms with E-state index in [-0.39, 0.29) is 15.7 Å². The highest BCUT2D eigenvalue weighted by molar-refractivity contribution is 7.92. The molecule has 3 N–H and O–H groups in total. The van der Waals surface area contributed by atoms with Gasteiger partial charge >= 0.3 is 0 Å². The number of rotatable bonds is 3. The largest absolute Gasteiger partial charge is 0.399 e. The zero-order chi connectivity index (χ0) is 14.0. The lowest BCUT2D eigenvalue weighted by atomic mass is 10.3. The van der Waals surface area contributed by atoms with E-state index >= 15 is 0 Å². The van der Waals surface area contributed by atoms with E-state index in [0.29, 0.717) is 10.7 Å². The molecule has 0 fully saturated rings. The van der Waals surface area contributed by atoms with Crippen LogP contribution in [-0.4, -0.2) is 13.4 Å². The maximum absolute atomic E-state index is 12.1. The molecule has 0 saturated carbocycles. The van der Waals surface area contributed by atoms with Crippen LogP contribution >= 0.6 is 23.2 Å². The van der Waals surface area contributed by atoms with E-state index in [1.165, 1.54) is 36.5 Å². The zero-order valence-electron chi connectivity index (χ0n) is 9.47. The summed E-state index contributed by atoms with van der Waals surface area (Å²) in [6.45, 7) is 0. The summed E-state index contributed by atoms with van der Waals surface area (Å²) in [4.78, 5) is 3.74. The van der Waals surface area contributed by atoms with Crippen molar-refractivity contribution in [2.45, 2.75) is 4.90 Å². The molecule has 5 nitrogen and oxygen atoms in total. The summed E-state index contributed by atoms with van der Waals surface area (Å²) < 4.78 is 26.6. The van der Waals surface area contributed by atoms with Gasteiger partial charge in [-0.05, 0) is 30.3 Å². The first-order chi connectivity index (χ1) is 8.88. The highest BCUT2D eigenvalue weighted by Crippen LogP contribution is 2.25. The van der Waals surface area contributed by atoms with Crippen molar-refractivity contribution in [2.24, 2.45) is 0 Å². The first-order valence-electron chi connectivity index (χ1n) is 5.08. The molecule has 100 valence electrons. The number of benzene rings is 1. The minimum atomic E-state index is -3.85. The van der Waals surface area contributed by atoms with Crippen LogP contribution < -0.4 is 10.5 Å². The van der Waals surface area contributed by atoms with Gasteiger partial charge in [-0.3, -0.25) is 4.72 Å². The van der Waals surface area contributed by atoms with E-state index < -0.39 is 10.0 Å². The van der Waals surface area contributed by atoms with E-state index in [1.807, 2.05) is 0 Å². The predicted molar refractivity (Wildman–Crippen MR) is 75.9 cm³/mol. The van der Waals surface area contributed by atoms with Crippen molar-refractivity contribution in [3.8, 4) is 0 Å². The average Bonchev–Trinajstić information content (AvgIpc) is 2.35. The lowest BCUT2D eigenvalue weighted by Gasteiger charge is -2.09. The van der Waals surface area contributed by atoms with Gasteiger partial charge in [-0.2, -0.15) is 0 Å². The van der Waals surface area contributed by atoms with Gasteiger partial charge in [0.25, 0.3) is 10.0 Å². The normalized spacial score (nSPS) is 11.3. The van der Waals surface area contributed by atoms with Gasteiger partial charge in [0.1, 0.15) is 10.7 Å². The highest BCUT2D eigenvalue weighted by Gasteiger charge is 2.18. The second-order valence-electron chi connectivity index (χ2n) is 3.66. The molecule has 0 spiro atoms. The molecular formula is C11H9Cl2N3O2S. The van der Waals surface area contributed by atoms with Crippen LogP contribution in [0.3, 0.4) is 0 Å². The second kappa shape index (κ2) is 5.24. The summed E-state index contributed by atoms with van der Waals surface area (Å²) >= 11 is 11.5. The molecule has 0 aliphatic rings. The molecule has 1 aromatic heterocycles. The number of anilines is 2. The van der Waals surface area contributed by atoms with Gasteiger partial charge in [0.2, 0.25) is 0 Å². The number of pyridine rings is 1. The number of nitrogens with two attached hydrogens (primary N) is 1. The molecule has 19 heavy (non-hydrogen) atoms. The quantitative estimate of drug-likeness (QED) is 0.852. The molecule has 2 rings (SSSR count). The van der Waals surface area contributed by atoms with Crippen LogP contribution in [0.15, 0.2) is 41.4 Å². The molecule has 1 heterocycles. The molecule has 0 atom stereocenters. The van der Waals surface area contributed by atoms with E-state index in [1.54, 1.807) is 0 Å². The minimum absolute atomic E-state index is 0.0793. The molecule has 1 aromatic carbocycles. The second-order valence-corrected chi connectivity index (χ2v) is 6.15. The van der Waals surface area contributed by atoms with Crippen LogP contribution in [0.25, 0.3) is 0 Å². The maximum atomic E-state index is 12.1. The first-order valence-corrected chi connectivity index (χ1v) is 7.32. The Morgan fingerprint density at radius 1 is 1.16 bits per heavy atom. The van der Waals surface area contributed by atoms with Crippen molar-refractivity contribution in [2.75, 3.05) is 10.5 Å².